The molecule has 6 rings (SSSR count). The van der Waals surface area contributed by atoms with Crippen molar-refractivity contribution in [2.75, 3.05) is 31.5 Å². The Balaban J connectivity index is 1.14. The molecule has 1 N–H and O–H groups in total. The SMILES string of the molecule is O=C(Nc1nc2c(s1)CCCC2C(=O)N1CCN(C(c2ccccc2)c2ccccc2)CC1)c1ccccc1. The number of nitrogens with one attached hydrogen (secondary N) is 1. The minimum atomic E-state index is -0.238. The van der Waals surface area contributed by atoms with Gasteiger partial charge >= 0.3 is 0 Å². The molecule has 1 aromatic heterocycles. The first-order valence-corrected chi connectivity index (χ1v) is 14.5. The third-order valence-corrected chi connectivity index (χ3v) is 8.78. The van der Waals surface area contributed by atoms with Crippen molar-refractivity contribution in [2.45, 2.75) is 31.2 Å². The molecular weight excluding hydrogens is 504 g/mol. The Kier molecular flexibility index (Phi) is 7.52. The van der Waals surface area contributed by atoms with E-state index in [-0.39, 0.29) is 23.8 Å². The quantitative estimate of drug-likeness (QED) is 0.341. The number of benzene rings is 3. The highest BCUT2D eigenvalue weighted by Crippen LogP contribution is 2.38. The monoisotopic (exact) mass is 536 g/mol. The molecule has 1 unspecified atom stereocenters. The van der Waals surface area contributed by atoms with Crippen molar-refractivity contribution in [3.63, 3.8) is 0 Å². The van der Waals surface area contributed by atoms with Gasteiger partial charge in [0.15, 0.2) is 5.13 Å². The summed E-state index contributed by atoms with van der Waals surface area (Å²) in [5.74, 6) is -0.247. The number of carbonyl (C=O) groups excluding carboxylic acids is 2. The second-order valence-corrected chi connectivity index (χ2v) is 11.3. The summed E-state index contributed by atoms with van der Waals surface area (Å²) < 4.78 is 0. The number of carbonyl (C=O) groups is 2. The van der Waals surface area contributed by atoms with E-state index in [1.807, 2.05) is 23.1 Å². The second kappa shape index (κ2) is 11.5. The van der Waals surface area contributed by atoms with Crippen LogP contribution in [0.25, 0.3) is 0 Å². The number of piperazine rings is 1. The topological polar surface area (TPSA) is 65.5 Å². The summed E-state index contributed by atoms with van der Waals surface area (Å²) in [5.41, 5.74) is 4.00. The van der Waals surface area contributed by atoms with Gasteiger partial charge in [-0.2, -0.15) is 0 Å². The van der Waals surface area contributed by atoms with E-state index in [9.17, 15) is 9.59 Å². The molecule has 198 valence electrons. The Morgan fingerprint density at radius 1 is 0.821 bits per heavy atom. The van der Waals surface area contributed by atoms with Crippen LogP contribution in [0.3, 0.4) is 0 Å². The van der Waals surface area contributed by atoms with Crippen molar-refractivity contribution in [3.05, 3.63) is 118 Å². The van der Waals surface area contributed by atoms with Crippen LogP contribution in [0.1, 0.15) is 56.9 Å². The van der Waals surface area contributed by atoms with Crippen LogP contribution in [0.4, 0.5) is 5.13 Å². The number of fused-ring (bicyclic) bond motifs is 1. The van der Waals surface area contributed by atoms with Crippen LogP contribution in [-0.4, -0.2) is 52.8 Å². The minimum Gasteiger partial charge on any atom is -0.340 e. The largest absolute Gasteiger partial charge is 0.340 e. The van der Waals surface area contributed by atoms with Crippen LogP contribution in [0.2, 0.25) is 0 Å². The third-order valence-electron chi connectivity index (χ3n) is 7.73. The molecule has 2 aliphatic rings. The van der Waals surface area contributed by atoms with Crippen LogP contribution in [-0.2, 0) is 11.2 Å². The number of hydrogen-bond donors (Lipinski definition) is 1. The van der Waals surface area contributed by atoms with Gasteiger partial charge in [-0.15, -0.1) is 11.3 Å². The van der Waals surface area contributed by atoms with E-state index < -0.39 is 0 Å². The summed E-state index contributed by atoms with van der Waals surface area (Å²) in [4.78, 5) is 36.8. The average Bonchev–Trinajstić information content (AvgIpc) is 3.41. The molecule has 6 nitrogen and oxygen atoms in total. The van der Waals surface area contributed by atoms with Crippen molar-refractivity contribution < 1.29 is 9.59 Å². The fraction of sp³-hybridized carbons (Fsp3) is 0.281. The van der Waals surface area contributed by atoms with Crippen LogP contribution >= 0.6 is 11.3 Å². The summed E-state index contributed by atoms with van der Waals surface area (Å²) in [6.07, 6.45) is 2.67. The van der Waals surface area contributed by atoms with Crippen molar-refractivity contribution >= 4 is 28.3 Å². The maximum Gasteiger partial charge on any atom is 0.257 e. The first-order chi connectivity index (χ1) is 19.2. The predicted octanol–water partition coefficient (Wildman–Crippen LogP) is 5.75. The Morgan fingerprint density at radius 3 is 2.03 bits per heavy atom. The van der Waals surface area contributed by atoms with E-state index in [0.29, 0.717) is 23.8 Å². The highest BCUT2D eigenvalue weighted by atomic mass is 32.1. The lowest BCUT2D eigenvalue weighted by atomic mass is 9.89. The molecule has 1 atom stereocenters. The van der Waals surface area contributed by atoms with Crippen LogP contribution in [0.15, 0.2) is 91.0 Å². The second-order valence-electron chi connectivity index (χ2n) is 10.2. The molecule has 0 radical (unpaired) electrons. The maximum absolute atomic E-state index is 13.8. The Labute approximate surface area is 233 Å². The predicted molar refractivity (Wildman–Crippen MR) is 155 cm³/mol. The number of hydrogen-bond acceptors (Lipinski definition) is 5. The number of rotatable bonds is 6. The third kappa shape index (κ3) is 5.51. The zero-order valence-corrected chi connectivity index (χ0v) is 22.6. The Hall–Kier alpha value is -3.81. The molecule has 2 heterocycles. The molecule has 0 saturated carbocycles. The van der Waals surface area contributed by atoms with Gasteiger partial charge in [0, 0.05) is 36.6 Å². The molecule has 39 heavy (non-hydrogen) atoms. The fourth-order valence-electron chi connectivity index (χ4n) is 5.78. The lowest BCUT2D eigenvalue weighted by molar-refractivity contribution is -0.135. The van der Waals surface area contributed by atoms with Crippen molar-refractivity contribution in [1.29, 1.82) is 0 Å². The van der Waals surface area contributed by atoms with Gasteiger partial charge in [-0.05, 0) is 42.5 Å². The molecule has 1 aliphatic heterocycles. The highest BCUT2D eigenvalue weighted by molar-refractivity contribution is 7.16. The van der Waals surface area contributed by atoms with Crippen LogP contribution in [0, 0.1) is 0 Å². The molecule has 3 aromatic carbocycles. The molecule has 1 aliphatic carbocycles. The first-order valence-electron chi connectivity index (χ1n) is 13.7. The Bertz CT molecular complexity index is 1380. The molecule has 1 saturated heterocycles. The standard InChI is InChI=1S/C32H32N4O2S/c37-30(25-15-8-3-9-16-25)34-32-33-28-26(17-10-18-27(28)39-32)31(38)36-21-19-35(20-22-36)29(23-11-4-1-5-12-23)24-13-6-2-7-14-24/h1-9,11-16,26,29H,10,17-22H2,(H,33,34,37). The van der Waals surface area contributed by atoms with Gasteiger partial charge in [-0.1, -0.05) is 78.9 Å². The number of aromatic nitrogens is 1. The van der Waals surface area contributed by atoms with E-state index >= 15 is 0 Å². The van der Waals surface area contributed by atoms with Gasteiger partial charge in [0.2, 0.25) is 5.91 Å². The van der Waals surface area contributed by atoms with Crippen LogP contribution < -0.4 is 5.32 Å². The van der Waals surface area contributed by atoms with Gasteiger partial charge in [0.05, 0.1) is 17.7 Å². The smallest absolute Gasteiger partial charge is 0.257 e. The van der Waals surface area contributed by atoms with Crippen molar-refractivity contribution in [3.8, 4) is 0 Å². The van der Waals surface area contributed by atoms with Gasteiger partial charge in [-0.3, -0.25) is 19.8 Å². The minimum absolute atomic E-state index is 0.165. The summed E-state index contributed by atoms with van der Waals surface area (Å²) in [7, 11) is 0. The van der Waals surface area contributed by atoms with E-state index in [1.165, 1.54) is 22.5 Å². The molecular formula is C32H32N4O2S. The van der Waals surface area contributed by atoms with Gasteiger partial charge < -0.3 is 4.90 Å². The number of aryl methyl sites for hydroxylation is 1. The lowest BCUT2D eigenvalue weighted by Gasteiger charge is -2.41. The molecule has 4 aromatic rings. The van der Waals surface area contributed by atoms with Crippen molar-refractivity contribution in [2.24, 2.45) is 0 Å². The number of nitrogens with zero attached hydrogens (tertiary/aromatic N) is 3. The highest BCUT2D eigenvalue weighted by Gasteiger charge is 2.35. The number of anilines is 1. The molecule has 2 amide bonds. The van der Waals surface area contributed by atoms with Gasteiger partial charge in [0.25, 0.3) is 5.91 Å². The summed E-state index contributed by atoms with van der Waals surface area (Å²) in [6.45, 7) is 3.02. The van der Waals surface area contributed by atoms with E-state index in [0.717, 1.165) is 42.9 Å². The summed E-state index contributed by atoms with van der Waals surface area (Å²) >= 11 is 1.50. The fourth-order valence-corrected chi connectivity index (χ4v) is 6.84. The first kappa shape index (κ1) is 25.5. The van der Waals surface area contributed by atoms with E-state index in [4.69, 9.17) is 4.98 Å². The van der Waals surface area contributed by atoms with Gasteiger partial charge in [0.1, 0.15) is 0 Å². The lowest BCUT2D eigenvalue weighted by Crippen LogP contribution is -2.51. The number of thiazole rings is 1. The van der Waals surface area contributed by atoms with Crippen LogP contribution in [0.5, 0.6) is 0 Å². The van der Waals surface area contributed by atoms with E-state index in [1.54, 1.807) is 12.1 Å². The molecule has 0 spiro atoms. The van der Waals surface area contributed by atoms with E-state index in [2.05, 4.69) is 70.9 Å². The molecule has 0 bridgehead atoms. The maximum atomic E-state index is 13.8. The number of amides is 2. The van der Waals surface area contributed by atoms with Crippen molar-refractivity contribution in [1.82, 2.24) is 14.8 Å². The van der Waals surface area contributed by atoms with Gasteiger partial charge in [-0.25, -0.2) is 4.98 Å². The average molecular weight is 537 g/mol. The zero-order chi connectivity index (χ0) is 26.6. The summed E-state index contributed by atoms with van der Waals surface area (Å²) in [6, 6.07) is 30.6. The molecule has 7 heteroatoms. The molecule has 1 fully saturated rings. The summed E-state index contributed by atoms with van der Waals surface area (Å²) in [5, 5.41) is 3.52. The zero-order valence-electron chi connectivity index (χ0n) is 21.8. The normalized spacial score (nSPS) is 17.6. The Morgan fingerprint density at radius 2 is 1.41 bits per heavy atom.